The van der Waals surface area contributed by atoms with Crippen molar-refractivity contribution in [3.05, 3.63) is 139 Å². The maximum Gasteiger partial charge on any atom is 0.311 e. The van der Waals surface area contributed by atoms with Gasteiger partial charge >= 0.3 is 11.9 Å². The third kappa shape index (κ3) is 7.68. The van der Waals surface area contributed by atoms with E-state index in [1.807, 2.05) is 0 Å². The highest BCUT2D eigenvalue weighted by Crippen LogP contribution is 2.52. The van der Waals surface area contributed by atoms with E-state index in [1.165, 1.54) is 44.1 Å². The van der Waals surface area contributed by atoms with Crippen molar-refractivity contribution in [1.29, 1.82) is 0 Å². The van der Waals surface area contributed by atoms with Gasteiger partial charge in [-0.3, -0.25) is 19.2 Å². The molecule has 0 saturated carbocycles. The molecule has 8 atom stereocenters. The van der Waals surface area contributed by atoms with Gasteiger partial charge in [-0.1, -0.05) is 48.6 Å². The summed E-state index contributed by atoms with van der Waals surface area (Å²) in [5.41, 5.74) is 2.83. The number of methoxy groups -OCH3 is 2. The molecule has 18 heteroatoms. The molecule has 6 heterocycles. The number of carbonyl (C=O) groups is 2. The molecule has 0 radical (unpaired) electrons. The van der Waals surface area contributed by atoms with Crippen LogP contribution in [0.2, 0.25) is 0 Å². The van der Waals surface area contributed by atoms with Crippen LogP contribution in [-0.2, 0) is 52.2 Å². The molecule has 0 amide bonds. The van der Waals surface area contributed by atoms with Gasteiger partial charge in [0.25, 0.3) is 11.1 Å². The number of hydrogen-bond donors (Lipinski definition) is 2. The minimum absolute atomic E-state index is 0.0415. The Labute approximate surface area is 371 Å². The number of aliphatic hydroxyl groups excluding tert-OH is 2. The zero-order chi connectivity index (χ0) is 46.4. The number of ether oxygens (including phenoxy) is 2. The molecule has 4 aliphatic heterocycles. The Morgan fingerprint density at radius 1 is 0.641 bits per heavy atom. The van der Waals surface area contributed by atoms with Crippen molar-refractivity contribution >= 4 is 44.1 Å². The number of esters is 2. The van der Waals surface area contributed by atoms with Crippen LogP contribution in [0.15, 0.2) is 104 Å². The van der Waals surface area contributed by atoms with E-state index in [-0.39, 0.29) is 34.0 Å². The van der Waals surface area contributed by atoms with Crippen LogP contribution in [0.3, 0.4) is 0 Å². The predicted octanol–water partition coefficient (Wildman–Crippen LogP) is 3.43. The van der Waals surface area contributed by atoms with Crippen molar-refractivity contribution in [3.63, 3.8) is 0 Å². The number of sulfonamides is 2. The fraction of sp³-hybridized carbons (Fsp3) is 0.391. The molecule has 8 rings (SSSR count). The Balaban J connectivity index is 0.000000191. The molecule has 4 aromatic rings. The number of aromatic nitrogens is 2. The lowest BCUT2D eigenvalue weighted by atomic mass is 9.87. The van der Waals surface area contributed by atoms with Crippen molar-refractivity contribution < 1.29 is 46.1 Å². The molecular weight excluding hydrogens is 865 g/mol. The molecule has 2 N–H and O–H groups in total. The molecule has 0 spiro atoms. The first-order valence-corrected chi connectivity index (χ1v) is 23.7. The van der Waals surface area contributed by atoms with E-state index in [2.05, 4.69) is 0 Å². The van der Waals surface area contributed by atoms with E-state index >= 15 is 0 Å². The highest BCUT2D eigenvalue weighted by atomic mass is 32.2. The second-order valence-electron chi connectivity index (χ2n) is 16.4. The zero-order valence-corrected chi connectivity index (χ0v) is 37.9. The molecule has 2 aromatic carbocycles. The smallest absolute Gasteiger partial charge is 0.311 e. The van der Waals surface area contributed by atoms with Crippen molar-refractivity contribution in [3.8, 4) is 0 Å². The normalized spacial score (nSPS) is 25.1. The summed E-state index contributed by atoms with van der Waals surface area (Å²) >= 11 is 0. The van der Waals surface area contributed by atoms with Crippen LogP contribution >= 0.6 is 0 Å². The van der Waals surface area contributed by atoms with Gasteiger partial charge in [0, 0.05) is 72.7 Å². The monoisotopic (exact) mass is 916 g/mol. The quantitative estimate of drug-likeness (QED) is 0.219. The number of allylic oxidation sites excluding steroid dienone is 2. The van der Waals surface area contributed by atoms with E-state index < -0.39 is 93.0 Å². The van der Waals surface area contributed by atoms with E-state index in [4.69, 9.17) is 9.47 Å². The minimum atomic E-state index is -4.03. The summed E-state index contributed by atoms with van der Waals surface area (Å²) < 4.78 is 70.8. The summed E-state index contributed by atoms with van der Waals surface area (Å²) in [6.45, 7) is 6.47. The number of carbonyl (C=O) groups excluding carboxylic acids is 2. The van der Waals surface area contributed by atoms with Crippen molar-refractivity contribution in [2.24, 2.45) is 23.7 Å². The van der Waals surface area contributed by atoms with Gasteiger partial charge in [0.2, 0.25) is 20.0 Å². The lowest BCUT2D eigenvalue weighted by molar-refractivity contribution is -0.148. The number of nitrogens with zero attached hydrogens (tertiary/aromatic N) is 4. The molecule has 4 aliphatic rings. The number of hydrogen-bond acceptors (Lipinski definition) is 12. The highest BCUT2D eigenvalue weighted by Gasteiger charge is 2.62. The Morgan fingerprint density at radius 3 is 1.33 bits per heavy atom. The first-order chi connectivity index (χ1) is 30.5. The van der Waals surface area contributed by atoms with Gasteiger partial charge < -0.3 is 28.8 Å². The van der Waals surface area contributed by atoms with Crippen LogP contribution in [0.5, 0.6) is 0 Å². The summed E-state index contributed by atoms with van der Waals surface area (Å²) in [5.74, 6) is -4.52. The Kier molecular flexibility index (Phi) is 13.2. The summed E-state index contributed by atoms with van der Waals surface area (Å²) in [6.07, 6.45) is 6.89. The van der Waals surface area contributed by atoms with Gasteiger partial charge in [-0.25, -0.2) is 16.8 Å². The summed E-state index contributed by atoms with van der Waals surface area (Å²) in [5, 5.41) is 20.4. The average molecular weight is 917 g/mol. The van der Waals surface area contributed by atoms with Crippen LogP contribution < -0.4 is 11.1 Å². The summed E-state index contributed by atoms with van der Waals surface area (Å²) in [7, 11) is -5.58. The molecule has 0 unspecified atom stereocenters. The minimum Gasteiger partial charge on any atom is -0.469 e. The molecule has 2 aromatic heterocycles. The van der Waals surface area contributed by atoms with Crippen LogP contribution in [0, 0.1) is 37.5 Å². The van der Waals surface area contributed by atoms with E-state index in [0.717, 1.165) is 11.1 Å². The topological polar surface area (TPSA) is 212 Å². The lowest BCUT2D eigenvalue weighted by Crippen LogP contribution is -2.49. The van der Waals surface area contributed by atoms with E-state index in [0.29, 0.717) is 22.5 Å². The second-order valence-corrected chi connectivity index (χ2v) is 20.1. The molecule has 16 nitrogen and oxygen atoms in total. The van der Waals surface area contributed by atoms with Crippen molar-refractivity contribution in [1.82, 2.24) is 17.7 Å². The van der Waals surface area contributed by atoms with E-state index in [1.54, 1.807) is 113 Å². The van der Waals surface area contributed by atoms with Gasteiger partial charge in [0.1, 0.15) is 0 Å². The molecule has 64 heavy (non-hydrogen) atoms. The van der Waals surface area contributed by atoms with Crippen molar-refractivity contribution in [2.75, 3.05) is 27.4 Å². The van der Waals surface area contributed by atoms with Crippen LogP contribution in [0.1, 0.15) is 59.6 Å². The van der Waals surface area contributed by atoms with Crippen LogP contribution in [0.4, 0.5) is 0 Å². The lowest BCUT2D eigenvalue weighted by Gasteiger charge is -2.37. The van der Waals surface area contributed by atoms with Gasteiger partial charge in [0.15, 0.2) is 0 Å². The fourth-order valence-corrected chi connectivity index (χ4v) is 13.9. The van der Waals surface area contributed by atoms with Gasteiger partial charge in [0.05, 0.1) is 47.9 Å². The number of aliphatic hydroxyl groups is 2. The molecular formula is C46H52N4O12S2. The summed E-state index contributed by atoms with van der Waals surface area (Å²) in [4.78, 5) is 52.0. The van der Waals surface area contributed by atoms with Crippen LogP contribution in [-0.4, -0.2) is 96.2 Å². The number of rotatable bonds is 10. The molecule has 2 saturated heterocycles. The number of benzene rings is 2. The Hall–Kier alpha value is -5.50. The molecule has 2 fully saturated rings. The SMILES string of the molecule is C/C=C/c1ccc2n(c1=O)C[C@H]1[C@H](CO)[C@@H](C(=O)OC)[C@@H]2N1S(=O)(=O)c1cccc(C)c1.C/C=C\c1ccc2n(c1=O)C[C@H]1[C@H](CO)[C@@H](C(=O)OC)[C@@H]2N1S(=O)(=O)c1cccc(C)c1. The largest absolute Gasteiger partial charge is 0.469 e. The Morgan fingerprint density at radius 2 is 1.02 bits per heavy atom. The maximum absolute atomic E-state index is 13.8. The standard InChI is InChI=1S/2C23H26N2O6S/c2*1-4-6-15-9-10-18-21-20(23(28)31-3)17(13-26)19(12-24(18)22(15)27)25(21)32(29,30)16-8-5-7-14(2)11-16/h2*4-11,17,19-21,26H,12-13H2,1-3H3/b6-4+;6-4-/t2*17-,19-,20+,21+/m00/s1. The first-order valence-electron chi connectivity index (χ1n) is 20.8. The first kappa shape index (κ1) is 46.5. The van der Waals surface area contributed by atoms with Gasteiger partial charge in [-0.2, -0.15) is 8.61 Å². The number of pyridine rings is 2. The number of aryl methyl sites for hydroxylation is 2. The maximum atomic E-state index is 13.8. The molecule has 340 valence electrons. The van der Waals surface area contributed by atoms with Crippen molar-refractivity contribution in [2.45, 2.75) is 74.7 Å². The summed E-state index contributed by atoms with van der Waals surface area (Å²) in [6, 6.07) is 16.3. The van der Waals surface area contributed by atoms with Gasteiger partial charge in [-0.05, 0) is 87.4 Å². The van der Waals surface area contributed by atoms with Crippen LogP contribution in [0.25, 0.3) is 12.2 Å². The Bertz CT molecular complexity index is 2690. The fourth-order valence-electron chi connectivity index (χ4n) is 10.0. The zero-order valence-electron chi connectivity index (χ0n) is 36.3. The molecule has 4 bridgehead atoms. The highest BCUT2D eigenvalue weighted by molar-refractivity contribution is 7.89. The predicted molar refractivity (Wildman–Crippen MR) is 236 cm³/mol. The third-order valence-electron chi connectivity index (χ3n) is 12.8. The number of fused-ring (bicyclic) bond motifs is 8. The molecule has 0 aliphatic carbocycles. The average Bonchev–Trinajstić information content (AvgIpc) is 3.69. The van der Waals surface area contributed by atoms with E-state index in [9.17, 15) is 46.2 Å². The third-order valence-corrected chi connectivity index (χ3v) is 16.6. The second kappa shape index (κ2) is 18.2. The van der Waals surface area contributed by atoms with Gasteiger partial charge in [-0.15, -0.1) is 0 Å².